The smallest absolute Gasteiger partial charge is 0.339 e. The fourth-order valence-corrected chi connectivity index (χ4v) is 7.94. The molecule has 3 atom stereocenters. The first-order chi connectivity index (χ1) is 20.2. The molecule has 3 aliphatic heterocycles. The predicted molar refractivity (Wildman–Crippen MR) is 164 cm³/mol. The quantitative estimate of drug-likeness (QED) is 0.252. The maximum atomic E-state index is 13.4. The van der Waals surface area contributed by atoms with E-state index in [0.717, 1.165) is 10.1 Å². The van der Waals surface area contributed by atoms with Gasteiger partial charge in [-0.05, 0) is 102 Å². The van der Waals surface area contributed by atoms with Gasteiger partial charge in [-0.1, -0.05) is 0 Å². The lowest BCUT2D eigenvalue weighted by atomic mass is 9.87. The van der Waals surface area contributed by atoms with Crippen molar-refractivity contribution in [1.29, 1.82) is 0 Å². The van der Waals surface area contributed by atoms with Gasteiger partial charge in [0.15, 0.2) is 5.60 Å². The highest BCUT2D eigenvalue weighted by Gasteiger charge is 2.54. The molecule has 0 saturated carbocycles. The van der Waals surface area contributed by atoms with Gasteiger partial charge < -0.3 is 24.6 Å². The van der Waals surface area contributed by atoms with E-state index in [1.165, 1.54) is 0 Å². The molecule has 0 aromatic rings. The van der Waals surface area contributed by atoms with Crippen LogP contribution in [-0.4, -0.2) is 91.8 Å². The number of hydrogen-bond acceptors (Lipinski definition) is 10. The molecule has 3 heterocycles. The summed E-state index contributed by atoms with van der Waals surface area (Å²) in [5.41, 5.74) is -5.94. The summed E-state index contributed by atoms with van der Waals surface area (Å²) in [5.74, 6) is -3.55. The number of esters is 3. The normalized spacial score (nSPS) is 30.9. The maximum absolute atomic E-state index is 13.4. The van der Waals surface area contributed by atoms with Gasteiger partial charge in [0, 0.05) is 39.9 Å². The van der Waals surface area contributed by atoms with Gasteiger partial charge in [-0.25, -0.2) is 4.79 Å². The van der Waals surface area contributed by atoms with E-state index >= 15 is 0 Å². The van der Waals surface area contributed by atoms with Gasteiger partial charge in [-0.3, -0.25) is 9.59 Å². The van der Waals surface area contributed by atoms with Crippen molar-refractivity contribution in [2.24, 2.45) is 17.8 Å². The molecular formula is C33H57N3O9. The van der Waals surface area contributed by atoms with E-state index in [2.05, 4.69) is 19.2 Å². The Morgan fingerprint density at radius 2 is 1.04 bits per heavy atom. The predicted octanol–water partition coefficient (Wildman–Crippen LogP) is 3.74. The Bertz CT molecular complexity index is 1070. The fraction of sp³-hybridized carbons (Fsp3) is 0.909. The molecule has 3 rings (SSSR count). The Morgan fingerprint density at radius 3 is 1.36 bits per heavy atom. The van der Waals surface area contributed by atoms with Gasteiger partial charge in [0.05, 0.1) is 43.7 Å². The van der Waals surface area contributed by atoms with E-state index in [1.807, 2.05) is 41.5 Å². The molecule has 0 spiro atoms. The third kappa shape index (κ3) is 8.01. The van der Waals surface area contributed by atoms with Crippen molar-refractivity contribution < 1.29 is 44.1 Å². The van der Waals surface area contributed by atoms with Crippen LogP contribution >= 0.6 is 0 Å². The largest absolute Gasteiger partial charge is 0.465 e. The SMILES string of the molecule is CC1(C)CC(COC(=O)C(O)(CC(=O)OCC2CC(C)(C)N([O])C2(C)C)CC(=O)OCC2CC(C)(C)N([O])C2(C)C)C(C)(C)N1. The van der Waals surface area contributed by atoms with Crippen LogP contribution in [0.4, 0.5) is 0 Å². The molecule has 12 nitrogen and oxygen atoms in total. The number of carbonyl (C=O) groups is 3. The van der Waals surface area contributed by atoms with E-state index in [-0.39, 0.29) is 48.7 Å². The van der Waals surface area contributed by atoms with Gasteiger partial charge in [-0.15, -0.1) is 20.5 Å². The molecule has 258 valence electrons. The van der Waals surface area contributed by atoms with Crippen molar-refractivity contribution in [3.63, 3.8) is 0 Å². The van der Waals surface area contributed by atoms with Crippen LogP contribution in [0.3, 0.4) is 0 Å². The second-order valence-corrected chi connectivity index (χ2v) is 17.3. The van der Waals surface area contributed by atoms with Crippen LogP contribution in [0.2, 0.25) is 0 Å². The van der Waals surface area contributed by atoms with Crippen molar-refractivity contribution in [2.75, 3.05) is 19.8 Å². The van der Waals surface area contributed by atoms with E-state index < -0.39 is 58.5 Å². The lowest BCUT2D eigenvalue weighted by molar-refractivity contribution is -0.249. The second-order valence-electron chi connectivity index (χ2n) is 17.3. The Hall–Kier alpha value is -1.83. The zero-order valence-electron chi connectivity index (χ0n) is 29.5. The number of nitrogens with one attached hydrogen (secondary N) is 1. The van der Waals surface area contributed by atoms with Crippen molar-refractivity contribution in [1.82, 2.24) is 15.4 Å². The first-order valence-corrected chi connectivity index (χ1v) is 16.1. The van der Waals surface area contributed by atoms with Crippen LogP contribution < -0.4 is 5.32 Å². The summed E-state index contributed by atoms with van der Waals surface area (Å²) in [7, 11) is 0. The van der Waals surface area contributed by atoms with Crippen LogP contribution in [0.5, 0.6) is 0 Å². The zero-order valence-corrected chi connectivity index (χ0v) is 29.5. The average Bonchev–Trinajstić information content (AvgIpc) is 3.27. The summed E-state index contributed by atoms with van der Waals surface area (Å²) >= 11 is 0. The molecule has 0 aliphatic carbocycles. The van der Waals surface area contributed by atoms with Gasteiger partial charge in [-0.2, -0.15) is 0 Å². The summed E-state index contributed by atoms with van der Waals surface area (Å²) in [6, 6.07) is 0. The summed E-state index contributed by atoms with van der Waals surface area (Å²) < 4.78 is 16.6. The molecule has 0 bridgehead atoms. The second kappa shape index (κ2) is 12.3. The Morgan fingerprint density at radius 1 is 0.667 bits per heavy atom. The van der Waals surface area contributed by atoms with Crippen molar-refractivity contribution in [2.45, 2.75) is 154 Å². The number of hydroxylamine groups is 4. The number of rotatable bonds is 11. The van der Waals surface area contributed by atoms with E-state index in [9.17, 15) is 29.9 Å². The van der Waals surface area contributed by atoms with Gasteiger partial charge in [0.1, 0.15) is 0 Å². The van der Waals surface area contributed by atoms with Gasteiger partial charge in [0.25, 0.3) is 0 Å². The Kier molecular flexibility index (Phi) is 10.3. The monoisotopic (exact) mass is 639 g/mol. The number of nitrogens with zero attached hydrogens (tertiary/aromatic N) is 2. The minimum Gasteiger partial charge on any atom is -0.465 e. The van der Waals surface area contributed by atoms with E-state index in [1.54, 1.807) is 27.7 Å². The highest BCUT2D eigenvalue weighted by molar-refractivity contribution is 5.90. The third-order valence-corrected chi connectivity index (χ3v) is 10.6. The molecule has 12 heteroatoms. The van der Waals surface area contributed by atoms with Crippen LogP contribution in [0.25, 0.3) is 0 Å². The van der Waals surface area contributed by atoms with Crippen molar-refractivity contribution >= 4 is 17.9 Å². The Balaban J connectivity index is 1.71. The van der Waals surface area contributed by atoms with Gasteiger partial charge >= 0.3 is 17.9 Å². The van der Waals surface area contributed by atoms with Crippen LogP contribution in [-0.2, 0) is 39.0 Å². The molecule has 2 N–H and O–H groups in total. The number of hydrogen-bond donors (Lipinski definition) is 2. The highest BCUT2D eigenvalue weighted by atomic mass is 16.6. The molecule has 3 unspecified atom stereocenters. The summed E-state index contributed by atoms with van der Waals surface area (Å²) in [4.78, 5) is 39.6. The molecule has 0 amide bonds. The number of ether oxygens (including phenoxy) is 3. The van der Waals surface area contributed by atoms with E-state index in [4.69, 9.17) is 14.2 Å². The third-order valence-electron chi connectivity index (χ3n) is 10.6. The number of aliphatic hydroxyl groups is 1. The fourth-order valence-electron chi connectivity index (χ4n) is 7.94. The standard InChI is InChI=1S/C33H57N3O9/c1-27(2)13-21(30(7,8)34-27)18-45-26(39)33(40,16-24(37)43-19-22-14-28(3,4)35(41)31(22,9)10)17-25(38)44-20-23-15-29(5,6)36(42)32(23,11)12/h21-23,34,40H,13-20H2,1-12H3. The molecule has 2 radical (unpaired) electrons. The van der Waals surface area contributed by atoms with Crippen LogP contribution in [0, 0.1) is 17.8 Å². The van der Waals surface area contributed by atoms with Gasteiger partial charge in [0.2, 0.25) is 0 Å². The first-order valence-electron chi connectivity index (χ1n) is 16.1. The maximum Gasteiger partial charge on any atom is 0.339 e. The molecule has 0 aromatic heterocycles. The molecule has 3 aliphatic rings. The molecular weight excluding hydrogens is 582 g/mol. The first kappa shape index (κ1) is 37.6. The average molecular weight is 640 g/mol. The zero-order chi connectivity index (χ0) is 34.6. The van der Waals surface area contributed by atoms with E-state index in [0.29, 0.717) is 19.3 Å². The summed E-state index contributed by atoms with van der Waals surface area (Å²) in [5, 5.41) is 42.6. The minimum atomic E-state index is -2.54. The lowest BCUT2D eigenvalue weighted by Gasteiger charge is -2.33. The topological polar surface area (TPSA) is 157 Å². The molecule has 3 saturated heterocycles. The lowest BCUT2D eigenvalue weighted by Crippen LogP contribution is -2.48. The summed E-state index contributed by atoms with van der Waals surface area (Å²) in [6.07, 6.45) is 0.0434. The van der Waals surface area contributed by atoms with Crippen molar-refractivity contribution in [3.8, 4) is 0 Å². The minimum absolute atomic E-state index is 0.0238. The summed E-state index contributed by atoms with van der Waals surface area (Å²) in [6.45, 7) is 22.4. The van der Waals surface area contributed by atoms with Crippen molar-refractivity contribution in [3.05, 3.63) is 0 Å². The number of carbonyl (C=O) groups excluding carboxylic acids is 3. The molecule has 45 heavy (non-hydrogen) atoms. The van der Waals surface area contributed by atoms with Crippen LogP contribution in [0.1, 0.15) is 115 Å². The molecule has 0 aromatic carbocycles. The van der Waals surface area contributed by atoms with Crippen LogP contribution in [0.15, 0.2) is 0 Å². The molecule has 3 fully saturated rings. The highest BCUT2D eigenvalue weighted by Crippen LogP contribution is 2.45. The Labute approximate surface area is 269 Å².